The van der Waals surface area contributed by atoms with Gasteiger partial charge in [0.05, 0.1) is 12.2 Å². The molecule has 0 saturated carbocycles. The van der Waals surface area contributed by atoms with Crippen LogP contribution in [0.3, 0.4) is 0 Å². The Morgan fingerprint density at radius 3 is 2.81 bits per heavy atom. The summed E-state index contributed by atoms with van der Waals surface area (Å²) >= 11 is 3.10. The van der Waals surface area contributed by atoms with Gasteiger partial charge in [0.2, 0.25) is 11.8 Å². The van der Waals surface area contributed by atoms with Gasteiger partial charge >= 0.3 is 0 Å². The number of thioether (sulfide) groups is 1. The summed E-state index contributed by atoms with van der Waals surface area (Å²) in [5.74, 6) is -0.419. The standard InChI is InChI=1S/C19H17N3O2S2/c23-15(9-12-5-2-1-3-6-12)22-16(24)10-25-18-17-13-7-4-8-14(13)26-19(17)21-11-20-18/h1-3,5-6,11H,4,7-10H2,(H,22,23,24). The molecule has 1 aliphatic carbocycles. The maximum atomic E-state index is 12.1. The lowest BCUT2D eigenvalue weighted by Gasteiger charge is -2.05. The summed E-state index contributed by atoms with van der Waals surface area (Å²) in [5.41, 5.74) is 2.23. The number of hydrogen-bond acceptors (Lipinski definition) is 6. The van der Waals surface area contributed by atoms with Gasteiger partial charge in [0.15, 0.2) is 0 Å². The van der Waals surface area contributed by atoms with Crippen LogP contribution >= 0.6 is 23.1 Å². The smallest absolute Gasteiger partial charge is 0.236 e. The van der Waals surface area contributed by atoms with Crippen LogP contribution in [0.1, 0.15) is 22.4 Å². The Labute approximate surface area is 159 Å². The highest BCUT2D eigenvalue weighted by Crippen LogP contribution is 2.39. The topological polar surface area (TPSA) is 72.0 Å². The van der Waals surface area contributed by atoms with Crippen LogP contribution in [-0.4, -0.2) is 27.5 Å². The van der Waals surface area contributed by atoms with Crippen molar-refractivity contribution < 1.29 is 9.59 Å². The van der Waals surface area contributed by atoms with Gasteiger partial charge in [0, 0.05) is 10.3 Å². The van der Waals surface area contributed by atoms with Crippen molar-refractivity contribution in [1.29, 1.82) is 0 Å². The average molecular weight is 383 g/mol. The molecule has 0 spiro atoms. The summed E-state index contributed by atoms with van der Waals surface area (Å²) < 4.78 is 0. The molecule has 26 heavy (non-hydrogen) atoms. The molecule has 2 aromatic heterocycles. The number of nitrogens with zero attached hydrogens (tertiary/aromatic N) is 2. The predicted molar refractivity (Wildman–Crippen MR) is 103 cm³/mol. The molecule has 0 radical (unpaired) electrons. The Hall–Kier alpha value is -2.25. The number of fused-ring (bicyclic) bond motifs is 3. The van der Waals surface area contributed by atoms with Crippen molar-refractivity contribution in [3.63, 3.8) is 0 Å². The molecule has 2 amide bonds. The van der Waals surface area contributed by atoms with E-state index in [0.717, 1.165) is 33.6 Å². The van der Waals surface area contributed by atoms with Crippen LogP contribution < -0.4 is 5.32 Å². The Morgan fingerprint density at radius 2 is 1.96 bits per heavy atom. The van der Waals surface area contributed by atoms with E-state index in [-0.39, 0.29) is 24.0 Å². The van der Waals surface area contributed by atoms with Gasteiger partial charge < -0.3 is 0 Å². The molecular formula is C19H17N3O2S2. The Morgan fingerprint density at radius 1 is 1.12 bits per heavy atom. The molecule has 0 aliphatic heterocycles. The zero-order valence-corrected chi connectivity index (χ0v) is 15.7. The molecule has 0 bridgehead atoms. The van der Waals surface area contributed by atoms with Crippen LogP contribution in [0.25, 0.3) is 10.2 Å². The lowest BCUT2D eigenvalue weighted by atomic mass is 10.1. The molecular weight excluding hydrogens is 366 g/mol. The second-order valence-corrected chi connectivity index (χ2v) is 8.19. The first-order valence-electron chi connectivity index (χ1n) is 8.45. The first-order chi connectivity index (χ1) is 12.7. The fourth-order valence-electron chi connectivity index (χ4n) is 3.16. The van der Waals surface area contributed by atoms with Crippen molar-refractivity contribution >= 4 is 45.1 Å². The van der Waals surface area contributed by atoms with E-state index in [2.05, 4.69) is 15.3 Å². The zero-order valence-electron chi connectivity index (χ0n) is 14.0. The van der Waals surface area contributed by atoms with Crippen LogP contribution in [0.5, 0.6) is 0 Å². The Bertz CT molecular complexity index is 970. The van der Waals surface area contributed by atoms with Crippen LogP contribution in [0.2, 0.25) is 0 Å². The minimum atomic E-state index is -0.297. The Kier molecular flexibility index (Phi) is 4.99. The van der Waals surface area contributed by atoms with Crippen LogP contribution in [-0.2, 0) is 28.9 Å². The lowest BCUT2D eigenvalue weighted by Crippen LogP contribution is -2.33. The van der Waals surface area contributed by atoms with E-state index < -0.39 is 0 Å². The largest absolute Gasteiger partial charge is 0.295 e. The molecule has 0 atom stereocenters. The van der Waals surface area contributed by atoms with Crippen molar-refractivity contribution in [3.05, 3.63) is 52.7 Å². The molecule has 1 aliphatic rings. The van der Waals surface area contributed by atoms with Gasteiger partial charge in [-0.1, -0.05) is 42.1 Å². The molecule has 4 rings (SSSR count). The number of aromatic nitrogens is 2. The van der Waals surface area contributed by atoms with Crippen molar-refractivity contribution in [2.45, 2.75) is 30.7 Å². The number of thiophene rings is 1. The highest BCUT2D eigenvalue weighted by Gasteiger charge is 2.21. The second-order valence-electron chi connectivity index (χ2n) is 6.14. The van der Waals surface area contributed by atoms with E-state index in [0.29, 0.717) is 0 Å². The number of benzene rings is 1. The number of aryl methyl sites for hydroxylation is 2. The van der Waals surface area contributed by atoms with Crippen molar-refractivity contribution in [1.82, 2.24) is 15.3 Å². The minimum Gasteiger partial charge on any atom is -0.295 e. The van der Waals surface area contributed by atoms with E-state index in [1.165, 1.54) is 28.6 Å². The number of amides is 2. The first kappa shape index (κ1) is 17.2. The molecule has 0 fully saturated rings. The van der Waals surface area contributed by atoms with Gasteiger partial charge in [-0.15, -0.1) is 11.3 Å². The van der Waals surface area contributed by atoms with E-state index in [4.69, 9.17) is 0 Å². The fourth-order valence-corrected chi connectivity index (χ4v) is 5.28. The SMILES string of the molecule is O=C(CSc1ncnc2sc3c(c12)CCC3)NC(=O)Cc1ccccc1. The van der Waals surface area contributed by atoms with Crippen LogP contribution in [0.4, 0.5) is 0 Å². The predicted octanol–water partition coefficient (Wildman–Crippen LogP) is 3.16. The van der Waals surface area contributed by atoms with Crippen LogP contribution in [0.15, 0.2) is 41.7 Å². The van der Waals surface area contributed by atoms with Gasteiger partial charge in [0.25, 0.3) is 0 Å². The van der Waals surface area contributed by atoms with Crippen LogP contribution in [0, 0.1) is 0 Å². The van der Waals surface area contributed by atoms with Gasteiger partial charge in [-0.05, 0) is 30.4 Å². The van der Waals surface area contributed by atoms with E-state index in [9.17, 15) is 9.59 Å². The number of carbonyl (C=O) groups excluding carboxylic acids is 2. The van der Waals surface area contributed by atoms with Crippen molar-refractivity contribution in [3.8, 4) is 0 Å². The highest BCUT2D eigenvalue weighted by atomic mass is 32.2. The summed E-state index contributed by atoms with van der Waals surface area (Å²) in [6.07, 6.45) is 5.08. The van der Waals surface area contributed by atoms with E-state index in [1.807, 2.05) is 30.3 Å². The third kappa shape index (κ3) is 3.64. The molecule has 5 nitrogen and oxygen atoms in total. The second kappa shape index (κ2) is 7.55. The molecule has 2 heterocycles. The molecule has 1 N–H and O–H groups in total. The minimum absolute atomic E-state index is 0.164. The number of imide groups is 1. The third-order valence-corrected chi connectivity index (χ3v) is 6.48. The maximum absolute atomic E-state index is 12.1. The summed E-state index contributed by atoms with van der Waals surface area (Å²) in [6.45, 7) is 0. The van der Waals surface area contributed by atoms with Crippen molar-refractivity contribution in [2.24, 2.45) is 0 Å². The normalized spacial score (nSPS) is 12.9. The Balaban J connectivity index is 1.39. The van der Waals surface area contributed by atoms with Gasteiger partial charge in [0.1, 0.15) is 16.2 Å². The fraction of sp³-hybridized carbons (Fsp3) is 0.263. The summed E-state index contributed by atoms with van der Waals surface area (Å²) in [6, 6.07) is 9.38. The number of hydrogen-bond donors (Lipinski definition) is 1. The average Bonchev–Trinajstić information content (AvgIpc) is 3.21. The number of nitrogens with one attached hydrogen (secondary N) is 1. The summed E-state index contributed by atoms with van der Waals surface area (Å²) in [5, 5.41) is 4.38. The molecule has 7 heteroatoms. The molecule has 0 unspecified atom stereocenters. The quantitative estimate of drug-likeness (QED) is 0.541. The zero-order chi connectivity index (χ0) is 17.9. The van der Waals surface area contributed by atoms with Gasteiger partial charge in [-0.2, -0.15) is 0 Å². The molecule has 1 aromatic carbocycles. The molecule has 3 aromatic rings. The van der Waals surface area contributed by atoms with E-state index in [1.54, 1.807) is 17.7 Å². The lowest BCUT2D eigenvalue weighted by molar-refractivity contribution is -0.128. The maximum Gasteiger partial charge on any atom is 0.236 e. The monoisotopic (exact) mass is 383 g/mol. The number of carbonyl (C=O) groups is 2. The van der Waals surface area contributed by atoms with E-state index >= 15 is 0 Å². The number of rotatable bonds is 5. The van der Waals surface area contributed by atoms with Gasteiger partial charge in [-0.3, -0.25) is 14.9 Å². The molecule has 132 valence electrons. The molecule has 0 saturated heterocycles. The third-order valence-electron chi connectivity index (χ3n) is 4.29. The highest BCUT2D eigenvalue weighted by molar-refractivity contribution is 8.00. The van der Waals surface area contributed by atoms with Gasteiger partial charge in [-0.25, -0.2) is 9.97 Å². The summed E-state index contributed by atoms with van der Waals surface area (Å²) in [7, 11) is 0. The summed E-state index contributed by atoms with van der Waals surface area (Å²) in [4.78, 5) is 35.2. The first-order valence-corrected chi connectivity index (χ1v) is 10.3. The van der Waals surface area contributed by atoms with Crippen molar-refractivity contribution in [2.75, 3.05) is 5.75 Å².